The fourth-order valence-corrected chi connectivity index (χ4v) is 5.09. The molecular weight excluding hydrogens is 410 g/mol. The molecule has 3 aromatic rings. The van der Waals surface area contributed by atoms with Crippen molar-refractivity contribution in [3.8, 4) is 0 Å². The number of nitrogens with one attached hydrogen (secondary N) is 1. The van der Waals surface area contributed by atoms with Crippen molar-refractivity contribution in [2.24, 2.45) is 0 Å². The average molecular weight is 446 g/mol. The quantitative estimate of drug-likeness (QED) is 0.380. The van der Waals surface area contributed by atoms with Crippen LogP contribution in [0.25, 0.3) is 21.9 Å². The van der Waals surface area contributed by atoms with Gasteiger partial charge in [-0.15, -0.1) is 0 Å². The zero-order valence-corrected chi connectivity index (χ0v) is 19.5. The van der Waals surface area contributed by atoms with E-state index in [9.17, 15) is 8.42 Å². The number of hydrogen-bond donors (Lipinski definition) is 2. The molecule has 0 aliphatic rings. The van der Waals surface area contributed by atoms with Crippen LogP contribution in [-0.4, -0.2) is 35.3 Å². The standard InChI is InChI=1S/C23H35N5O2S/c1-3-5-11-17-31(29,30)25-15-9-10-16-28-20(14-6-4-2)27-21-22(28)18-12-7-8-13-19(18)26-23(21)24/h7-8,12-13,25H,3-6,9-11,14-17H2,1-2H3,(H2,24,26). The molecule has 0 atom stereocenters. The number of rotatable bonds is 13. The molecule has 0 amide bonds. The highest BCUT2D eigenvalue weighted by molar-refractivity contribution is 7.89. The summed E-state index contributed by atoms with van der Waals surface area (Å²) < 4.78 is 29.2. The molecule has 31 heavy (non-hydrogen) atoms. The van der Waals surface area contributed by atoms with E-state index >= 15 is 0 Å². The summed E-state index contributed by atoms with van der Waals surface area (Å²) >= 11 is 0. The van der Waals surface area contributed by atoms with Crippen molar-refractivity contribution in [2.75, 3.05) is 18.0 Å². The highest BCUT2D eigenvalue weighted by atomic mass is 32.2. The van der Waals surface area contributed by atoms with E-state index in [2.05, 4.69) is 34.2 Å². The van der Waals surface area contributed by atoms with Crippen molar-refractivity contribution in [3.63, 3.8) is 0 Å². The van der Waals surface area contributed by atoms with Gasteiger partial charge in [-0.2, -0.15) is 0 Å². The maximum atomic E-state index is 12.1. The molecule has 0 spiro atoms. The van der Waals surface area contributed by atoms with Crippen LogP contribution in [0.4, 0.5) is 5.82 Å². The Morgan fingerprint density at radius 3 is 2.55 bits per heavy atom. The van der Waals surface area contributed by atoms with E-state index in [0.29, 0.717) is 12.4 Å². The molecule has 0 aliphatic heterocycles. The molecule has 1 aromatic carbocycles. The maximum Gasteiger partial charge on any atom is 0.211 e. The normalized spacial score (nSPS) is 12.2. The molecule has 7 nitrogen and oxygen atoms in total. The van der Waals surface area contributed by atoms with Gasteiger partial charge in [-0.3, -0.25) is 0 Å². The molecular formula is C23H35N5O2S. The number of sulfonamides is 1. The molecule has 2 aromatic heterocycles. The van der Waals surface area contributed by atoms with E-state index in [-0.39, 0.29) is 5.75 Å². The van der Waals surface area contributed by atoms with Crippen LogP contribution < -0.4 is 10.5 Å². The maximum absolute atomic E-state index is 12.1. The van der Waals surface area contributed by atoms with Gasteiger partial charge in [0, 0.05) is 24.9 Å². The smallest absolute Gasteiger partial charge is 0.211 e. The first-order chi connectivity index (χ1) is 15.0. The van der Waals surface area contributed by atoms with E-state index in [1.54, 1.807) is 0 Å². The topological polar surface area (TPSA) is 103 Å². The Labute approximate surface area is 185 Å². The number of nitrogens with zero attached hydrogens (tertiary/aromatic N) is 3. The van der Waals surface area contributed by atoms with E-state index in [1.807, 2.05) is 18.2 Å². The van der Waals surface area contributed by atoms with Crippen molar-refractivity contribution in [1.29, 1.82) is 0 Å². The van der Waals surface area contributed by atoms with Crippen LogP contribution in [0.5, 0.6) is 0 Å². The number of fused-ring (bicyclic) bond motifs is 3. The van der Waals surface area contributed by atoms with Crippen molar-refractivity contribution in [3.05, 3.63) is 30.1 Å². The summed E-state index contributed by atoms with van der Waals surface area (Å²) in [5, 5.41) is 1.05. The van der Waals surface area contributed by atoms with Crippen LogP contribution in [0.15, 0.2) is 24.3 Å². The van der Waals surface area contributed by atoms with Gasteiger partial charge >= 0.3 is 0 Å². The van der Waals surface area contributed by atoms with E-state index in [0.717, 1.165) is 85.7 Å². The predicted molar refractivity (Wildman–Crippen MR) is 129 cm³/mol. The third-order valence-corrected chi connectivity index (χ3v) is 7.06. The Morgan fingerprint density at radius 2 is 1.77 bits per heavy atom. The summed E-state index contributed by atoms with van der Waals surface area (Å²) in [6.07, 6.45) is 7.37. The first-order valence-corrected chi connectivity index (χ1v) is 13.1. The zero-order valence-electron chi connectivity index (χ0n) is 18.7. The number of imidazole rings is 1. The highest BCUT2D eigenvalue weighted by Gasteiger charge is 2.17. The fourth-order valence-electron chi connectivity index (χ4n) is 3.91. The summed E-state index contributed by atoms with van der Waals surface area (Å²) in [4.78, 5) is 9.37. The molecule has 3 N–H and O–H groups in total. The number of hydrogen-bond acceptors (Lipinski definition) is 5. The number of nitrogen functional groups attached to an aromatic ring is 1. The number of pyridine rings is 1. The number of aryl methyl sites for hydroxylation is 2. The molecule has 0 unspecified atom stereocenters. The van der Waals surface area contributed by atoms with Gasteiger partial charge in [-0.05, 0) is 31.7 Å². The Hall–Kier alpha value is -2.19. The molecule has 0 fully saturated rings. The summed E-state index contributed by atoms with van der Waals surface area (Å²) in [5.41, 5.74) is 8.92. The number of unbranched alkanes of at least 4 members (excludes halogenated alkanes) is 4. The molecule has 0 aliphatic carbocycles. The van der Waals surface area contributed by atoms with Gasteiger partial charge in [0.25, 0.3) is 0 Å². The minimum Gasteiger partial charge on any atom is -0.382 e. The minimum absolute atomic E-state index is 0.215. The van der Waals surface area contributed by atoms with Gasteiger partial charge in [0.1, 0.15) is 11.3 Å². The minimum atomic E-state index is -3.17. The Bertz CT molecular complexity index is 1110. The van der Waals surface area contributed by atoms with Gasteiger partial charge in [0.15, 0.2) is 5.82 Å². The molecule has 0 bridgehead atoms. The SMILES string of the molecule is CCCCCS(=O)(=O)NCCCCn1c(CCCC)nc2c(N)nc3ccccc3c21. The third kappa shape index (κ3) is 5.95. The lowest BCUT2D eigenvalue weighted by molar-refractivity contribution is 0.558. The van der Waals surface area contributed by atoms with E-state index in [1.165, 1.54) is 0 Å². The van der Waals surface area contributed by atoms with Crippen molar-refractivity contribution in [1.82, 2.24) is 19.3 Å². The van der Waals surface area contributed by atoms with Gasteiger partial charge in [0.05, 0.1) is 16.8 Å². The van der Waals surface area contributed by atoms with Crippen molar-refractivity contribution in [2.45, 2.75) is 71.8 Å². The molecule has 0 radical (unpaired) electrons. The first kappa shape index (κ1) is 23.5. The Morgan fingerprint density at radius 1 is 1.00 bits per heavy atom. The number of aromatic nitrogens is 3. The summed E-state index contributed by atoms with van der Waals surface area (Å²) in [6, 6.07) is 8.01. The molecule has 170 valence electrons. The van der Waals surface area contributed by atoms with E-state index in [4.69, 9.17) is 10.7 Å². The van der Waals surface area contributed by atoms with Crippen LogP contribution in [0.3, 0.4) is 0 Å². The average Bonchev–Trinajstić information content (AvgIpc) is 3.11. The lowest BCUT2D eigenvalue weighted by Gasteiger charge is -2.11. The Kier molecular flexibility index (Phi) is 8.26. The van der Waals surface area contributed by atoms with Crippen LogP contribution in [0.2, 0.25) is 0 Å². The predicted octanol–water partition coefficient (Wildman–Crippen LogP) is 4.40. The number of benzene rings is 1. The van der Waals surface area contributed by atoms with Crippen LogP contribution in [-0.2, 0) is 23.0 Å². The van der Waals surface area contributed by atoms with Crippen molar-refractivity contribution < 1.29 is 8.42 Å². The molecule has 0 saturated heterocycles. The first-order valence-electron chi connectivity index (χ1n) is 11.5. The second kappa shape index (κ2) is 10.9. The summed E-state index contributed by atoms with van der Waals surface area (Å²) in [6.45, 7) is 5.49. The number of nitrogens with two attached hydrogens (primary N) is 1. The molecule has 0 saturated carbocycles. The second-order valence-corrected chi connectivity index (χ2v) is 10.0. The van der Waals surface area contributed by atoms with Crippen LogP contribution in [0, 0.1) is 0 Å². The third-order valence-electron chi connectivity index (χ3n) is 5.59. The number of anilines is 1. The fraction of sp³-hybridized carbons (Fsp3) is 0.565. The summed E-state index contributed by atoms with van der Waals surface area (Å²) in [5.74, 6) is 1.71. The lowest BCUT2D eigenvalue weighted by Crippen LogP contribution is -2.27. The summed E-state index contributed by atoms with van der Waals surface area (Å²) in [7, 11) is -3.17. The highest BCUT2D eigenvalue weighted by Crippen LogP contribution is 2.29. The van der Waals surface area contributed by atoms with Crippen LogP contribution >= 0.6 is 0 Å². The van der Waals surface area contributed by atoms with Gasteiger partial charge < -0.3 is 10.3 Å². The van der Waals surface area contributed by atoms with Crippen LogP contribution in [0.1, 0.15) is 64.6 Å². The zero-order chi connectivity index (χ0) is 22.3. The molecule has 2 heterocycles. The Balaban J connectivity index is 1.74. The lowest BCUT2D eigenvalue weighted by atomic mass is 10.2. The molecule has 8 heteroatoms. The number of para-hydroxylation sites is 1. The van der Waals surface area contributed by atoms with Gasteiger partial charge in [-0.1, -0.05) is 51.3 Å². The largest absolute Gasteiger partial charge is 0.382 e. The van der Waals surface area contributed by atoms with Gasteiger partial charge in [-0.25, -0.2) is 23.1 Å². The monoisotopic (exact) mass is 445 g/mol. The molecule has 3 rings (SSSR count). The van der Waals surface area contributed by atoms with E-state index < -0.39 is 10.0 Å². The van der Waals surface area contributed by atoms with Gasteiger partial charge in [0.2, 0.25) is 10.0 Å². The second-order valence-electron chi connectivity index (χ2n) is 8.12. The van der Waals surface area contributed by atoms with Crippen molar-refractivity contribution >= 4 is 37.8 Å².